The van der Waals surface area contributed by atoms with Crippen LogP contribution in [0.5, 0.6) is 0 Å². The van der Waals surface area contributed by atoms with Gasteiger partial charge in [-0.2, -0.15) is 0 Å². The molecule has 0 heterocycles. The third kappa shape index (κ3) is 5.54. The van der Waals surface area contributed by atoms with Crippen LogP contribution in [-0.2, 0) is 19.6 Å². The highest BCUT2D eigenvalue weighted by atomic mass is 32.2. The van der Waals surface area contributed by atoms with Crippen molar-refractivity contribution >= 4 is 21.9 Å². The fourth-order valence-electron chi connectivity index (χ4n) is 2.80. The predicted molar refractivity (Wildman–Crippen MR) is 92.5 cm³/mol. The number of benzene rings is 1. The fraction of sp³-hybridized carbons (Fsp3) is 0.529. The molecule has 0 aliphatic heterocycles. The molecule has 1 fully saturated rings. The quantitative estimate of drug-likeness (QED) is 0.740. The van der Waals surface area contributed by atoms with Gasteiger partial charge in [-0.1, -0.05) is 13.0 Å². The molecule has 8 heteroatoms. The van der Waals surface area contributed by atoms with Crippen molar-refractivity contribution in [1.29, 1.82) is 0 Å². The molecule has 1 aliphatic rings. The Labute approximate surface area is 148 Å². The van der Waals surface area contributed by atoms with E-state index in [4.69, 9.17) is 4.74 Å². The van der Waals surface area contributed by atoms with Gasteiger partial charge in [-0.15, -0.1) is 0 Å². The Morgan fingerprint density at radius 2 is 1.88 bits per heavy atom. The minimum Gasteiger partial charge on any atom is -0.452 e. The van der Waals surface area contributed by atoms with Crippen molar-refractivity contribution in [2.75, 3.05) is 13.7 Å². The second kappa shape index (κ2) is 8.44. The average Bonchev–Trinajstić information content (AvgIpc) is 2.61. The monoisotopic (exact) mass is 368 g/mol. The van der Waals surface area contributed by atoms with Gasteiger partial charge in [0.05, 0.1) is 10.5 Å². The van der Waals surface area contributed by atoms with Gasteiger partial charge in [0, 0.05) is 6.04 Å². The van der Waals surface area contributed by atoms with Crippen molar-refractivity contribution in [3.8, 4) is 0 Å². The first-order chi connectivity index (χ1) is 11.8. The first-order valence-electron chi connectivity index (χ1n) is 8.32. The summed E-state index contributed by atoms with van der Waals surface area (Å²) in [7, 11) is -2.36. The van der Waals surface area contributed by atoms with Crippen molar-refractivity contribution in [3.05, 3.63) is 29.8 Å². The largest absolute Gasteiger partial charge is 0.452 e. The molecule has 0 atom stereocenters. The molecule has 0 aromatic heterocycles. The van der Waals surface area contributed by atoms with Gasteiger partial charge in [-0.05, 0) is 56.8 Å². The topological polar surface area (TPSA) is 102 Å². The smallest absolute Gasteiger partial charge is 0.338 e. The van der Waals surface area contributed by atoms with Gasteiger partial charge in [0.1, 0.15) is 0 Å². The summed E-state index contributed by atoms with van der Waals surface area (Å²) in [6, 6.07) is 5.61. The summed E-state index contributed by atoms with van der Waals surface area (Å²) < 4.78 is 30.7. The lowest BCUT2D eigenvalue weighted by atomic mass is 9.87. The number of ether oxygens (including phenoxy) is 1. The maximum absolute atomic E-state index is 12.0. The Bertz CT molecular complexity index is 724. The summed E-state index contributed by atoms with van der Waals surface area (Å²) in [5, 5.41) is 2.87. The molecule has 25 heavy (non-hydrogen) atoms. The molecule has 1 aromatic rings. The molecule has 1 amide bonds. The molecule has 2 rings (SSSR count). The normalized spacial score (nSPS) is 20.7. The number of sulfonamides is 1. The van der Waals surface area contributed by atoms with E-state index in [0.29, 0.717) is 5.92 Å². The van der Waals surface area contributed by atoms with Crippen LogP contribution in [-0.4, -0.2) is 40.0 Å². The summed E-state index contributed by atoms with van der Waals surface area (Å²) in [5.41, 5.74) is 0.0793. The number of amides is 1. The van der Waals surface area contributed by atoms with E-state index in [-0.39, 0.29) is 29.0 Å². The summed E-state index contributed by atoms with van der Waals surface area (Å²) in [6.07, 6.45) is 4.03. The van der Waals surface area contributed by atoms with Crippen LogP contribution in [0, 0.1) is 5.92 Å². The SMILES string of the molecule is CNS(=O)(=O)c1cccc(C(=O)OCC(=O)NC2CCC(C)CC2)c1. The van der Waals surface area contributed by atoms with Crippen molar-refractivity contribution < 1.29 is 22.7 Å². The lowest BCUT2D eigenvalue weighted by Crippen LogP contribution is -2.39. The maximum Gasteiger partial charge on any atom is 0.338 e. The molecule has 2 N–H and O–H groups in total. The van der Waals surface area contributed by atoms with E-state index in [2.05, 4.69) is 17.0 Å². The molecule has 7 nitrogen and oxygen atoms in total. The van der Waals surface area contributed by atoms with E-state index < -0.39 is 16.0 Å². The standard InChI is InChI=1S/C17H24N2O5S/c1-12-6-8-14(9-7-12)19-16(20)11-24-17(21)13-4-3-5-15(10-13)25(22,23)18-2/h3-5,10,12,14,18H,6-9,11H2,1-2H3,(H,19,20). The van der Waals surface area contributed by atoms with Crippen LogP contribution in [0.4, 0.5) is 0 Å². The number of hydrogen-bond acceptors (Lipinski definition) is 5. The van der Waals surface area contributed by atoms with Crippen LogP contribution in [0.1, 0.15) is 43.0 Å². The molecule has 1 aliphatic carbocycles. The highest BCUT2D eigenvalue weighted by Crippen LogP contribution is 2.23. The van der Waals surface area contributed by atoms with Crippen LogP contribution in [0.25, 0.3) is 0 Å². The van der Waals surface area contributed by atoms with Crippen LogP contribution in [0.15, 0.2) is 29.2 Å². The molecule has 1 saturated carbocycles. The van der Waals surface area contributed by atoms with Crippen LogP contribution >= 0.6 is 0 Å². The number of rotatable bonds is 6. The third-order valence-corrected chi connectivity index (χ3v) is 5.78. The first-order valence-corrected chi connectivity index (χ1v) is 9.80. The summed E-state index contributed by atoms with van der Waals surface area (Å²) in [5.74, 6) is -0.389. The Balaban J connectivity index is 1.88. The highest BCUT2D eigenvalue weighted by molar-refractivity contribution is 7.89. The molecule has 0 radical (unpaired) electrons. The van der Waals surface area contributed by atoms with Crippen molar-refractivity contribution in [2.45, 2.75) is 43.5 Å². The van der Waals surface area contributed by atoms with Gasteiger partial charge >= 0.3 is 5.97 Å². The van der Waals surface area contributed by atoms with E-state index >= 15 is 0 Å². The molecule has 0 saturated heterocycles. The number of nitrogens with one attached hydrogen (secondary N) is 2. The first kappa shape index (κ1) is 19.4. The Hall–Kier alpha value is -1.93. The zero-order valence-electron chi connectivity index (χ0n) is 14.4. The fourth-order valence-corrected chi connectivity index (χ4v) is 3.57. The van der Waals surface area contributed by atoms with Crippen LogP contribution in [0.2, 0.25) is 0 Å². The van der Waals surface area contributed by atoms with Crippen LogP contribution < -0.4 is 10.0 Å². The number of hydrogen-bond donors (Lipinski definition) is 2. The number of carbonyl (C=O) groups excluding carboxylic acids is 2. The van der Waals surface area contributed by atoms with Gasteiger partial charge in [0.2, 0.25) is 10.0 Å². The van der Waals surface area contributed by atoms with E-state index in [0.717, 1.165) is 25.7 Å². The van der Waals surface area contributed by atoms with Crippen LogP contribution in [0.3, 0.4) is 0 Å². The number of esters is 1. The van der Waals surface area contributed by atoms with Crippen molar-refractivity contribution in [3.63, 3.8) is 0 Å². The van der Waals surface area contributed by atoms with E-state index in [1.54, 1.807) is 0 Å². The summed E-state index contributed by atoms with van der Waals surface area (Å²) in [4.78, 5) is 23.9. The highest BCUT2D eigenvalue weighted by Gasteiger charge is 2.21. The number of carbonyl (C=O) groups is 2. The van der Waals surface area contributed by atoms with Gasteiger partial charge in [-0.25, -0.2) is 17.9 Å². The zero-order valence-corrected chi connectivity index (χ0v) is 15.3. The zero-order chi connectivity index (χ0) is 18.4. The predicted octanol–water partition coefficient (Wildman–Crippen LogP) is 1.45. The maximum atomic E-state index is 12.0. The average molecular weight is 368 g/mol. The summed E-state index contributed by atoms with van der Waals surface area (Å²) >= 11 is 0. The summed E-state index contributed by atoms with van der Waals surface area (Å²) in [6.45, 7) is 1.82. The van der Waals surface area contributed by atoms with Crippen molar-refractivity contribution in [2.24, 2.45) is 5.92 Å². The molecule has 138 valence electrons. The third-order valence-electron chi connectivity index (χ3n) is 4.36. The van der Waals surface area contributed by atoms with Gasteiger partial charge in [0.25, 0.3) is 5.91 Å². The molecule has 0 unspecified atom stereocenters. The Morgan fingerprint density at radius 3 is 2.52 bits per heavy atom. The second-order valence-electron chi connectivity index (χ2n) is 6.34. The van der Waals surface area contributed by atoms with Gasteiger partial charge in [-0.3, -0.25) is 4.79 Å². The molecule has 1 aromatic carbocycles. The Morgan fingerprint density at radius 1 is 1.20 bits per heavy atom. The molecule has 0 spiro atoms. The second-order valence-corrected chi connectivity index (χ2v) is 8.22. The molecular weight excluding hydrogens is 344 g/mol. The van der Waals surface area contributed by atoms with Gasteiger partial charge in [0.15, 0.2) is 6.61 Å². The van der Waals surface area contributed by atoms with E-state index in [9.17, 15) is 18.0 Å². The lowest BCUT2D eigenvalue weighted by Gasteiger charge is -2.26. The van der Waals surface area contributed by atoms with E-state index in [1.165, 1.54) is 31.3 Å². The van der Waals surface area contributed by atoms with Crippen molar-refractivity contribution in [1.82, 2.24) is 10.0 Å². The minimum absolute atomic E-state index is 0.0368. The van der Waals surface area contributed by atoms with Gasteiger partial charge < -0.3 is 10.1 Å². The minimum atomic E-state index is -3.65. The van der Waals surface area contributed by atoms with E-state index in [1.807, 2.05) is 0 Å². The molecule has 0 bridgehead atoms. The molecular formula is C17H24N2O5S. The lowest BCUT2D eigenvalue weighted by molar-refractivity contribution is -0.125. The Kier molecular flexibility index (Phi) is 6.55.